The van der Waals surface area contributed by atoms with Gasteiger partial charge in [0.2, 0.25) is 0 Å². The maximum absolute atomic E-state index is 5.26. The first-order valence-corrected chi connectivity index (χ1v) is 4.97. The van der Waals surface area contributed by atoms with Crippen LogP contribution in [-0.2, 0) is 0 Å². The smallest absolute Gasteiger partial charge is 0.144 e. The second kappa shape index (κ2) is 4.66. The molecule has 1 heterocycles. The fourth-order valence-electron chi connectivity index (χ4n) is 1.55. The molecule has 2 aromatic rings. The van der Waals surface area contributed by atoms with Crippen LogP contribution in [-0.4, -0.2) is 19.2 Å². The molecule has 0 unspecified atom stereocenters. The Kier molecular flexibility index (Phi) is 3.05. The van der Waals surface area contributed by atoms with Crippen LogP contribution >= 0.6 is 0 Å². The zero-order valence-electron chi connectivity index (χ0n) is 9.31. The Hall–Kier alpha value is -2.03. The molecule has 0 spiro atoms. The first-order chi connectivity index (χ1) is 7.85. The number of rotatable bonds is 3. The lowest BCUT2D eigenvalue weighted by Crippen LogP contribution is -1.89. The molecule has 2 rings (SSSR count). The maximum Gasteiger partial charge on any atom is 0.144 e. The fourth-order valence-corrected chi connectivity index (χ4v) is 1.55. The first-order valence-electron chi connectivity index (χ1n) is 4.97. The molecule has 0 amide bonds. The molecular weight excluding hydrogens is 202 g/mol. The lowest BCUT2D eigenvalue weighted by molar-refractivity contribution is 0.413. The molecule has 0 saturated carbocycles. The molecule has 0 fully saturated rings. The minimum Gasteiger partial charge on any atom is -0.497 e. The van der Waals surface area contributed by atoms with Crippen LogP contribution in [0.15, 0.2) is 42.7 Å². The number of methoxy groups -OCH3 is 2. The topological polar surface area (TPSA) is 31.4 Å². The number of hydrogen-bond donors (Lipinski definition) is 0. The van der Waals surface area contributed by atoms with Gasteiger partial charge in [0.15, 0.2) is 0 Å². The van der Waals surface area contributed by atoms with Gasteiger partial charge < -0.3 is 9.47 Å². The van der Waals surface area contributed by atoms with Gasteiger partial charge in [-0.2, -0.15) is 0 Å². The summed E-state index contributed by atoms with van der Waals surface area (Å²) in [6.07, 6.45) is 3.46. The van der Waals surface area contributed by atoms with Crippen LogP contribution < -0.4 is 9.47 Å². The minimum absolute atomic E-state index is 0.771. The molecule has 0 aliphatic heterocycles. The summed E-state index contributed by atoms with van der Waals surface area (Å²) in [5.41, 5.74) is 2.11. The highest BCUT2D eigenvalue weighted by Crippen LogP contribution is 2.29. The van der Waals surface area contributed by atoms with E-state index in [1.54, 1.807) is 26.6 Å². The van der Waals surface area contributed by atoms with Gasteiger partial charge in [-0.05, 0) is 23.8 Å². The van der Waals surface area contributed by atoms with E-state index in [1.165, 1.54) is 0 Å². The van der Waals surface area contributed by atoms with Gasteiger partial charge in [-0.25, -0.2) is 0 Å². The lowest BCUT2D eigenvalue weighted by atomic mass is 10.1. The van der Waals surface area contributed by atoms with E-state index in [-0.39, 0.29) is 0 Å². The summed E-state index contributed by atoms with van der Waals surface area (Å²) in [5, 5.41) is 0. The molecule has 3 heteroatoms. The third-order valence-electron chi connectivity index (χ3n) is 2.41. The van der Waals surface area contributed by atoms with Crippen LogP contribution in [0.25, 0.3) is 11.1 Å². The quantitative estimate of drug-likeness (QED) is 0.788. The number of pyridine rings is 1. The number of hydrogen-bond acceptors (Lipinski definition) is 3. The van der Waals surface area contributed by atoms with Crippen molar-refractivity contribution in [3.63, 3.8) is 0 Å². The Morgan fingerprint density at radius 2 is 1.69 bits per heavy atom. The molecule has 0 radical (unpaired) electrons. The van der Waals surface area contributed by atoms with E-state index in [1.807, 2.05) is 30.3 Å². The van der Waals surface area contributed by atoms with E-state index in [9.17, 15) is 0 Å². The van der Waals surface area contributed by atoms with E-state index in [2.05, 4.69) is 4.98 Å². The van der Waals surface area contributed by atoms with Crippen molar-refractivity contribution in [1.82, 2.24) is 4.98 Å². The standard InChI is InChI=1S/C13H13NO2/c1-15-11-5-3-10(4-6-11)12-7-8-14-9-13(12)16-2/h3-9H,1-2H3. The molecule has 3 nitrogen and oxygen atoms in total. The molecule has 0 aliphatic carbocycles. The molecule has 0 saturated heterocycles. The van der Waals surface area contributed by atoms with Gasteiger partial charge in [-0.15, -0.1) is 0 Å². The number of nitrogens with zero attached hydrogens (tertiary/aromatic N) is 1. The van der Waals surface area contributed by atoms with Crippen molar-refractivity contribution < 1.29 is 9.47 Å². The fraction of sp³-hybridized carbons (Fsp3) is 0.154. The molecule has 82 valence electrons. The highest BCUT2D eigenvalue weighted by molar-refractivity contribution is 5.70. The van der Waals surface area contributed by atoms with Crippen molar-refractivity contribution in [1.29, 1.82) is 0 Å². The minimum atomic E-state index is 0.771. The molecule has 0 aliphatic rings. The molecule has 1 aromatic carbocycles. The second-order valence-electron chi connectivity index (χ2n) is 3.30. The van der Waals surface area contributed by atoms with E-state index < -0.39 is 0 Å². The van der Waals surface area contributed by atoms with Crippen molar-refractivity contribution in [2.75, 3.05) is 14.2 Å². The molecule has 1 aromatic heterocycles. The summed E-state index contributed by atoms with van der Waals surface area (Å²) in [6.45, 7) is 0. The van der Waals surface area contributed by atoms with E-state index in [0.717, 1.165) is 22.6 Å². The van der Waals surface area contributed by atoms with Gasteiger partial charge >= 0.3 is 0 Å². The van der Waals surface area contributed by atoms with Gasteiger partial charge in [0.1, 0.15) is 11.5 Å². The van der Waals surface area contributed by atoms with Crippen LogP contribution in [0.3, 0.4) is 0 Å². The van der Waals surface area contributed by atoms with Gasteiger partial charge in [0.25, 0.3) is 0 Å². The van der Waals surface area contributed by atoms with Crippen molar-refractivity contribution in [2.24, 2.45) is 0 Å². The summed E-state index contributed by atoms with van der Waals surface area (Å²) < 4.78 is 10.4. The van der Waals surface area contributed by atoms with Gasteiger partial charge in [0.05, 0.1) is 20.4 Å². The average molecular weight is 215 g/mol. The van der Waals surface area contributed by atoms with Gasteiger partial charge in [0, 0.05) is 11.8 Å². The predicted molar refractivity (Wildman–Crippen MR) is 62.8 cm³/mol. The first kappa shape index (κ1) is 10.5. The van der Waals surface area contributed by atoms with Crippen molar-refractivity contribution in [2.45, 2.75) is 0 Å². The zero-order valence-corrected chi connectivity index (χ0v) is 9.31. The van der Waals surface area contributed by atoms with Crippen LogP contribution in [0.1, 0.15) is 0 Å². The van der Waals surface area contributed by atoms with Crippen LogP contribution in [0.5, 0.6) is 11.5 Å². The van der Waals surface area contributed by atoms with Gasteiger partial charge in [-0.1, -0.05) is 12.1 Å². The molecular formula is C13H13NO2. The highest BCUT2D eigenvalue weighted by atomic mass is 16.5. The van der Waals surface area contributed by atoms with Crippen molar-refractivity contribution >= 4 is 0 Å². The average Bonchev–Trinajstić information content (AvgIpc) is 2.39. The van der Waals surface area contributed by atoms with Crippen LogP contribution in [0.2, 0.25) is 0 Å². The Morgan fingerprint density at radius 3 is 2.31 bits per heavy atom. The molecule has 0 bridgehead atoms. The van der Waals surface area contributed by atoms with Crippen molar-refractivity contribution in [3.05, 3.63) is 42.7 Å². The molecule has 0 atom stereocenters. The highest BCUT2D eigenvalue weighted by Gasteiger charge is 2.04. The van der Waals surface area contributed by atoms with Crippen LogP contribution in [0.4, 0.5) is 0 Å². The summed E-state index contributed by atoms with van der Waals surface area (Å²) in [4.78, 5) is 4.03. The zero-order chi connectivity index (χ0) is 11.4. The van der Waals surface area contributed by atoms with E-state index in [4.69, 9.17) is 9.47 Å². The molecule has 0 N–H and O–H groups in total. The summed E-state index contributed by atoms with van der Waals surface area (Å²) >= 11 is 0. The Balaban J connectivity index is 2.42. The van der Waals surface area contributed by atoms with Gasteiger partial charge in [-0.3, -0.25) is 4.98 Å². The Labute approximate surface area is 94.7 Å². The third-order valence-corrected chi connectivity index (χ3v) is 2.41. The number of benzene rings is 1. The van der Waals surface area contributed by atoms with E-state index >= 15 is 0 Å². The number of aromatic nitrogens is 1. The Morgan fingerprint density at radius 1 is 0.938 bits per heavy atom. The second-order valence-corrected chi connectivity index (χ2v) is 3.30. The van der Waals surface area contributed by atoms with E-state index in [0.29, 0.717) is 0 Å². The predicted octanol–water partition coefficient (Wildman–Crippen LogP) is 2.77. The number of ether oxygens (including phenoxy) is 2. The maximum atomic E-state index is 5.26. The third kappa shape index (κ3) is 1.98. The lowest BCUT2D eigenvalue weighted by Gasteiger charge is -2.08. The normalized spacial score (nSPS) is 9.88. The SMILES string of the molecule is COc1ccc(-c2ccncc2OC)cc1. The largest absolute Gasteiger partial charge is 0.497 e. The summed E-state index contributed by atoms with van der Waals surface area (Å²) in [7, 11) is 3.30. The monoisotopic (exact) mass is 215 g/mol. The summed E-state index contributed by atoms with van der Waals surface area (Å²) in [6, 6.07) is 9.78. The summed E-state index contributed by atoms with van der Waals surface area (Å²) in [5.74, 6) is 1.62. The Bertz CT molecular complexity index is 466. The molecule has 16 heavy (non-hydrogen) atoms. The van der Waals surface area contributed by atoms with Crippen LogP contribution in [0, 0.1) is 0 Å². The van der Waals surface area contributed by atoms with Crippen molar-refractivity contribution in [3.8, 4) is 22.6 Å².